The standard InChI is InChI=1S/C21H28N4O3/c1-23-18(6-8-22-23)21(26)25-9-4-5-17(14-25)24-10-7-15-11-19(27-2)20(28-3)12-16(15)13-24/h6,8,11-12,17H,4-5,7,9-10,13-14H2,1-3H3. The first-order valence-corrected chi connectivity index (χ1v) is 9.85. The van der Waals surface area contributed by atoms with Crippen LogP contribution in [0.1, 0.15) is 34.5 Å². The van der Waals surface area contributed by atoms with Gasteiger partial charge < -0.3 is 14.4 Å². The topological polar surface area (TPSA) is 59.8 Å². The lowest BCUT2D eigenvalue weighted by atomic mass is 9.95. The summed E-state index contributed by atoms with van der Waals surface area (Å²) in [7, 11) is 5.17. The normalized spacial score (nSPS) is 20.0. The fourth-order valence-corrected chi connectivity index (χ4v) is 4.40. The van der Waals surface area contributed by atoms with Gasteiger partial charge in [0.25, 0.3) is 5.91 Å². The minimum atomic E-state index is 0.0773. The Morgan fingerprint density at radius 3 is 2.57 bits per heavy atom. The number of hydrogen-bond donors (Lipinski definition) is 0. The van der Waals surface area contributed by atoms with E-state index in [-0.39, 0.29) is 5.91 Å². The maximum Gasteiger partial charge on any atom is 0.272 e. The van der Waals surface area contributed by atoms with Crippen LogP contribution >= 0.6 is 0 Å². The number of carbonyl (C=O) groups is 1. The van der Waals surface area contributed by atoms with Gasteiger partial charge >= 0.3 is 0 Å². The molecule has 7 nitrogen and oxygen atoms in total. The highest BCUT2D eigenvalue weighted by molar-refractivity contribution is 5.92. The van der Waals surface area contributed by atoms with E-state index in [0.717, 1.165) is 56.9 Å². The summed E-state index contributed by atoms with van der Waals surface area (Å²) in [6, 6.07) is 6.38. The SMILES string of the molecule is COc1cc2c(cc1OC)CN(C1CCCN(C(=O)c3ccnn3C)C1)CC2. The van der Waals surface area contributed by atoms with Crippen molar-refractivity contribution in [1.82, 2.24) is 19.6 Å². The Kier molecular flexibility index (Phi) is 5.26. The number of aryl methyl sites for hydroxylation is 1. The molecular weight excluding hydrogens is 356 g/mol. The molecule has 1 aromatic heterocycles. The van der Waals surface area contributed by atoms with Gasteiger partial charge in [0.2, 0.25) is 0 Å². The molecule has 150 valence electrons. The van der Waals surface area contributed by atoms with Crippen molar-refractivity contribution in [2.24, 2.45) is 7.05 Å². The van der Waals surface area contributed by atoms with Gasteiger partial charge in [-0.05, 0) is 48.6 Å². The molecule has 3 heterocycles. The van der Waals surface area contributed by atoms with E-state index >= 15 is 0 Å². The highest BCUT2D eigenvalue weighted by Gasteiger charge is 2.31. The Bertz CT molecular complexity index is 863. The van der Waals surface area contributed by atoms with Crippen molar-refractivity contribution < 1.29 is 14.3 Å². The second kappa shape index (κ2) is 7.83. The lowest BCUT2D eigenvalue weighted by molar-refractivity contribution is 0.0539. The third-order valence-corrected chi connectivity index (χ3v) is 5.99. The van der Waals surface area contributed by atoms with Crippen molar-refractivity contribution in [3.05, 3.63) is 41.2 Å². The highest BCUT2D eigenvalue weighted by atomic mass is 16.5. The average Bonchev–Trinajstić information content (AvgIpc) is 3.17. The highest BCUT2D eigenvalue weighted by Crippen LogP contribution is 2.34. The minimum absolute atomic E-state index is 0.0773. The third kappa shape index (κ3) is 3.46. The molecule has 2 aliphatic rings. The van der Waals surface area contributed by atoms with Crippen molar-refractivity contribution in [3.8, 4) is 11.5 Å². The molecule has 7 heteroatoms. The molecule has 28 heavy (non-hydrogen) atoms. The second-order valence-corrected chi connectivity index (χ2v) is 7.58. The number of aromatic nitrogens is 2. The summed E-state index contributed by atoms with van der Waals surface area (Å²) >= 11 is 0. The zero-order valence-corrected chi connectivity index (χ0v) is 16.9. The number of rotatable bonds is 4. The predicted molar refractivity (Wildman–Crippen MR) is 106 cm³/mol. The lowest BCUT2D eigenvalue weighted by Gasteiger charge is -2.41. The van der Waals surface area contributed by atoms with Crippen molar-refractivity contribution in [1.29, 1.82) is 0 Å². The molecule has 2 aromatic rings. The largest absolute Gasteiger partial charge is 0.493 e. The van der Waals surface area contributed by atoms with Gasteiger partial charge in [-0.15, -0.1) is 0 Å². The van der Waals surface area contributed by atoms with Gasteiger partial charge in [-0.1, -0.05) is 0 Å². The van der Waals surface area contributed by atoms with E-state index in [1.807, 2.05) is 11.9 Å². The number of benzene rings is 1. The molecule has 1 unspecified atom stereocenters. The minimum Gasteiger partial charge on any atom is -0.493 e. The number of methoxy groups -OCH3 is 2. The molecule has 1 amide bonds. The molecule has 2 aliphatic heterocycles. The summed E-state index contributed by atoms with van der Waals surface area (Å²) in [6.45, 7) is 3.47. The van der Waals surface area contributed by atoms with E-state index in [2.05, 4.69) is 22.1 Å². The van der Waals surface area contributed by atoms with Crippen LogP contribution in [0.2, 0.25) is 0 Å². The van der Waals surface area contributed by atoms with Gasteiger partial charge in [0, 0.05) is 45.5 Å². The first-order chi connectivity index (χ1) is 13.6. The van der Waals surface area contributed by atoms with Crippen LogP contribution in [-0.2, 0) is 20.0 Å². The zero-order chi connectivity index (χ0) is 19.7. The van der Waals surface area contributed by atoms with Gasteiger partial charge in [0.15, 0.2) is 11.5 Å². The van der Waals surface area contributed by atoms with Gasteiger partial charge in [-0.2, -0.15) is 5.10 Å². The van der Waals surface area contributed by atoms with E-state index in [1.165, 1.54) is 11.1 Å². The maximum atomic E-state index is 12.9. The van der Waals surface area contributed by atoms with Crippen molar-refractivity contribution in [3.63, 3.8) is 0 Å². The first-order valence-electron chi connectivity index (χ1n) is 9.85. The fourth-order valence-electron chi connectivity index (χ4n) is 4.40. The number of fused-ring (bicyclic) bond motifs is 1. The third-order valence-electron chi connectivity index (χ3n) is 5.99. The fraction of sp³-hybridized carbons (Fsp3) is 0.524. The van der Waals surface area contributed by atoms with E-state index in [1.54, 1.807) is 31.2 Å². The Labute approximate surface area is 165 Å². The van der Waals surface area contributed by atoms with Gasteiger partial charge in [0.05, 0.1) is 14.2 Å². The van der Waals surface area contributed by atoms with Crippen LogP contribution in [0.3, 0.4) is 0 Å². The predicted octanol–water partition coefficient (Wildman–Crippen LogP) is 2.10. The molecule has 4 rings (SSSR count). The Morgan fingerprint density at radius 1 is 1.14 bits per heavy atom. The number of ether oxygens (including phenoxy) is 2. The van der Waals surface area contributed by atoms with Crippen LogP contribution in [0.4, 0.5) is 0 Å². The monoisotopic (exact) mass is 384 g/mol. The molecule has 0 saturated carbocycles. The number of hydrogen-bond acceptors (Lipinski definition) is 5. The lowest BCUT2D eigenvalue weighted by Crippen LogP contribution is -2.51. The Balaban J connectivity index is 1.48. The molecule has 0 N–H and O–H groups in total. The molecule has 1 saturated heterocycles. The summed E-state index contributed by atoms with van der Waals surface area (Å²) in [5.41, 5.74) is 3.27. The van der Waals surface area contributed by atoms with E-state index in [4.69, 9.17) is 9.47 Å². The number of carbonyl (C=O) groups excluding carboxylic acids is 1. The quantitative estimate of drug-likeness (QED) is 0.808. The molecule has 0 spiro atoms. The van der Waals surface area contributed by atoms with Crippen LogP contribution in [-0.4, -0.2) is 65.4 Å². The van der Waals surface area contributed by atoms with Crippen molar-refractivity contribution in [2.75, 3.05) is 33.9 Å². The summed E-state index contributed by atoms with van der Waals surface area (Å²) in [5.74, 6) is 1.65. The van der Waals surface area contributed by atoms with Crippen LogP contribution in [0, 0.1) is 0 Å². The number of nitrogens with zero attached hydrogens (tertiary/aromatic N) is 4. The Hall–Kier alpha value is -2.54. The molecule has 1 aromatic carbocycles. The van der Waals surface area contributed by atoms with Gasteiger partial charge in [-0.3, -0.25) is 14.4 Å². The van der Waals surface area contributed by atoms with Crippen molar-refractivity contribution in [2.45, 2.75) is 31.8 Å². The van der Waals surface area contributed by atoms with Crippen LogP contribution in [0.15, 0.2) is 24.4 Å². The summed E-state index contributed by atoms with van der Waals surface area (Å²) < 4.78 is 12.6. The molecule has 0 radical (unpaired) electrons. The second-order valence-electron chi connectivity index (χ2n) is 7.58. The zero-order valence-electron chi connectivity index (χ0n) is 16.9. The summed E-state index contributed by atoms with van der Waals surface area (Å²) in [4.78, 5) is 17.4. The van der Waals surface area contributed by atoms with E-state index < -0.39 is 0 Å². The van der Waals surface area contributed by atoms with Gasteiger partial charge in [-0.25, -0.2) is 0 Å². The average molecular weight is 384 g/mol. The van der Waals surface area contributed by atoms with E-state index in [9.17, 15) is 4.79 Å². The summed E-state index contributed by atoms with van der Waals surface area (Å²) in [6.07, 6.45) is 4.82. The Morgan fingerprint density at radius 2 is 1.89 bits per heavy atom. The van der Waals surface area contributed by atoms with Crippen LogP contribution in [0.5, 0.6) is 11.5 Å². The molecule has 0 bridgehead atoms. The smallest absolute Gasteiger partial charge is 0.272 e. The summed E-state index contributed by atoms with van der Waals surface area (Å²) in [5, 5.41) is 4.13. The van der Waals surface area contributed by atoms with Crippen molar-refractivity contribution >= 4 is 5.91 Å². The number of piperidine rings is 1. The molecular formula is C21H28N4O3. The molecule has 1 atom stereocenters. The maximum absolute atomic E-state index is 12.9. The van der Waals surface area contributed by atoms with Gasteiger partial charge in [0.1, 0.15) is 5.69 Å². The number of likely N-dealkylation sites (tertiary alicyclic amines) is 1. The van der Waals surface area contributed by atoms with E-state index in [0.29, 0.717) is 11.7 Å². The molecule has 0 aliphatic carbocycles. The van der Waals surface area contributed by atoms with Crippen LogP contribution < -0.4 is 9.47 Å². The first kappa shape index (κ1) is 18.8. The molecule has 1 fully saturated rings. The van der Waals surface area contributed by atoms with Crippen LogP contribution in [0.25, 0.3) is 0 Å². The number of amides is 1.